The lowest BCUT2D eigenvalue weighted by Gasteiger charge is -2.20. The lowest BCUT2D eigenvalue weighted by molar-refractivity contribution is 0.0343. The standard InChI is InChI=1S/C15H23NO/c1-12-6-2-5-9-14(12)15(10-16)17-11-13-7-3-4-8-13/h2,5-6,9,13,15H,3-4,7-8,10-11,16H2,1H3. The Morgan fingerprint density at radius 3 is 2.65 bits per heavy atom. The van der Waals surface area contributed by atoms with E-state index >= 15 is 0 Å². The van der Waals surface area contributed by atoms with E-state index in [0.29, 0.717) is 6.54 Å². The largest absolute Gasteiger partial charge is 0.372 e. The van der Waals surface area contributed by atoms with Crippen molar-refractivity contribution < 1.29 is 4.74 Å². The van der Waals surface area contributed by atoms with Gasteiger partial charge in [-0.2, -0.15) is 0 Å². The Balaban J connectivity index is 1.94. The van der Waals surface area contributed by atoms with E-state index in [2.05, 4.69) is 31.2 Å². The van der Waals surface area contributed by atoms with Crippen LogP contribution in [0, 0.1) is 12.8 Å². The highest BCUT2D eigenvalue weighted by Crippen LogP contribution is 2.27. The zero-order valence-electron chi connectivity index (χ0n) is 10.7. The number of rotatable bonds is 5. The van der Waals surface area contributed by atoms with E-state index in [1.807, 2.05) is 0 Å². The predicted molar refractivity (Wildman–Crippen MR) is 70.9 cm³/mol. The summed E-state index contributed by atoms with van der Waals surface area (Å²) in [4.78, 5) is 0. The average molecular weight is 233 g/mol. The van der Waals surface area contributed by atoms with Crippen molar-refractivity contribution in [3.05, 3.63) is 35.4 Å². The molecule has 1 fully saturated rings. The number of hydrogen-bond donors (Lipinski definition) is 1. The van der Waals surface area contributed by atoms with Gasteiger partial charge in [0, 0.05) is 6.54 Å². The van der Waals surface area contributed by atoms with Crippen molar-refractivity contribution >= 4 is 0 Å². The molecule has 1 saturated carbocycles. The van der Waals surface area contributed by atoms with Crippen molar-refractivity contribution in [3.8, 4) is 0 Å². The van der Waals surface area contributed by atoms with Crippen LogP contribution in [0.2, 0.25) is 0 Å². The van der Waals surface area contributed by atoms with Gasteiger partial charge >= 0.3 is 0 Å². The molecule has 0 radical (unpaired) electrons. The van der Waals surface area contributed by atoms with Gasteiger partial charge in [0.05, 0.1) is 12.7 Å². The highest BCUT2D eigenvalue weighted by molar-refractivity contribution is 5.27. The Morgan fingerprint density at radius 1 is 1.29 bits per heavy atom. The third kappa shape index (κ3) is 3.30. The van der Waals surface area contributed by atoms with Crippen molar-refractivity contribution in [2.45, 2.75) is 38.7 Å². The number of ether oxygens (including phenoxy) is 1. The summed E-state index contributed by atoms with van der Waals surface area (Å²) in [5, 5.41) is 0. The summed E-state index contributed by atoms with van der Waals surface area (Å²) < 4.78 is 6.02. The molecule has 0 bridgehead atoms. The summed E-state index contributed by atoms with van der Waals surface area (Å²) in [5.41, 5.74) is 8.35. The minimum absolute atomic E-state index is 0.0665. The van der Waals surface area contributed by atoms with Crippen molar-refractivity contribution in [2.75, 3.05) is 13.2 Å². The van der Waals surface area contributed by atoms with Crippen LogP contribution < -0.4 is 5.73 Å². The molecule has 0 aromatic heterocycles. The average Bonchev–Trinajstić information content (AvgIpc) is 2.85. The molecule has 0 aliphatic heterocycles. The summed E-state index contributed by atoms with van der Waals surface area (Å²) in [5.74, 6) is 0.757. The third-order valence-electron chi connectivity index (χ3n) is 3.76. The van der Waals surface area contributed by atoms with Crippen LogP contribution in [-0.2, 0) is 4.74 Å². The maximum atomic E-state index is 6.02. The predicted octanol–water partition coefficient (Wildman–Crippen LogP) is 3.20. The molecule has 2 nitrogen and oxygen atoms in total. The molecule has 2 heteroatoms. The molecule has 1 atom stereocenters. The molecule has 0 saturated heterocycles. The molecule has 0 amide bonds. The second-order valence-electron chi connectivity index (χ2n) is 5.06. The second-order valence-corrected chi connectivity index (χ2v) is 5.06. The molecule has 17 heavy (non-hydrogen) atoms. The van der Waals surface area contributed by atoms with E-state index in [-0.39, 0.29) is 6.10 Å². The Labute approximate surface area is 104 Å². The molecule has 1 aromatic carbocycles. The number of hydrogen-bond acceptors (Lipinski definition) is 2. The quantitative estimate of drug-likeness (QED) is 0.847. The monoisotopic (exact) mass is 233 g/mol. The Kier molecular flexibility index (Phi) is 4.57. The molecule has 1 aliphatic carbocycles. The number of benzene rings is 1. The maximum absolute atomic E-state index is 6.02. The van der Waals surface area contributed by atoms with Crippen LogP contribution in [-0.4, -0.2) is 13.2 Å². The van der Waals surface area contributed by atoms with Crippen LogP contribution >= 0.6 is 0 Å². The first kappa shape index (κ1) is 12.6. The maximum Gasteiger partial charge on any atom is 0.0949 e. The van der Waals surface area contributed by atoms with Gasteiger partial charge in [-0.15, -0.1) is 0 Å². The Hall–Kier alpha value is -0.860. The van der Waals surface area contributed by atoms with Gasteiger partial charge < -0.3 is 10.5 Å². The SMILES string of the molecule is Cc1ccccc1C(CN)OCC1CCCC1. The van der Waals surface area contributed by atoms with Crippen molar-refractivity contribution in [1.29, 1.82) is 0 Å². The van der Waals surface area contributed by atoms with Crippen molar-refractivity contribution in [3.63, 3.8) is 0 Å². The summed E-state index contributed by atoms with van der Waals surface area (Å²) >= 11 is 0. The molecule has 94 valence electrons. The van der Waals surface area contributed by atoms with Gasteiger partial charge in [-0.05, 0) is 36.8 Å². The topological polar surface area (TPSA) is 35.2 Å². The zero-order valence-corrected chi connectivity index (χ0v) is 10.7. The fourth-order valence-corrected chi connectivity index (χ4v) is 2.66. The van der Waals surface area contributed by atoms with Gasteiger partial charge in [0.25, 0.3) is 0 Å². The fraction of sp³-hybridized carbons (Fsp3) is 0.600. The van der Waals surface area contributed by atoms with Crippen LogP contribution in [0.15, 0.2) is 24.3 Å². The second kappa shape index (κ2) is 6.18. The summed E-state index contributed by atoms with van der Waals surface area (Å²) in [6.45, 7) is 3.56. The Morgan fingerprint density at radius 2 is 2.00 bits per heavy atom. The van der Waals surface area contributed by atoms with Crippen LogP contribution in [0.4, 0.5) is 0 Å². The lowest BCUT2D eigenvalue weighted by atomic mass is 10.0. The number of aryl methyl sites for hydroxylation is 1. The highest BCUT2D eigenvalue weighted by atomic mass is 16.5. The fourth-order valence-electron chi connectivity index (χ4n) is 2.66. The molecular weight excluding hydrogens is 210 g/mol. The van der Waals surface area contributed by atoms with Gasteiger partial charge in [0.15, 0.2) is 0 Å². The van der Waals surface area contributed by atoms with E-state index < -0.39 is 0 Å². The first-order valence-corrected chi connectivity index (χ1v) is 6.68. The van der Waals surface area contributed by atoms with E-state index in [0.717, 1.165) is 12.5 Å². The molecule has 1 unspecified atom stereocenters. The van der Waals surface area contributed by atoms with Crippen LogP contribution in [0.5, 0.6) is 0 Å². The Bertz CT molecular complexity index is 345. The summed E-state index contributed by atoms with van der Waals surface area (Å²) in [6.07, 6.45) is 5.45. The van der Waals surface area contributed by atoms with Gasteiger partial charge in [-0.25, -0.2) is 0 Å². The van der Waals surface area contributed by atoms with Gasteiger partial charge in [0.1, 0.15) is 0 Å². The molecule has 0 heterocycles. The summed E-state index contributed by atoms with van der Waals surface area (Å²) in [6, 6.07) is 8.37. The zero-order chi connectivity index (χ0) is 12.1. The lowest BCUT2D eigenvalue weighted by Crippen LogP contribution is -2.19. The van der Waals surface area contributed by atoms with E-state index in [9.17, 15) is 0 Å². The molecule has 2 rings (SSSR count). The molecule has 1 aliphatic rings. The van der Waals surface area contributed by atoms with Crippen LogP contribution in [0.3, 0.4) is 0 Å². The van der Waals surface area contributed by atoms with E-state index in [4.69, 9.17) is 10.5 Å². The first-order chi connectivity index (χ1) is 8.31. The minimum atomic E-state index is 0.0665. The highest BCUT2D eigenvalue weighted by Gasteiger charge is 2.18. The van der Waals surface area contributed by atoms with Gasteiger partial charge in [-0.3, -0.25) is 0 Å². The number of nitrogens with two attached hydrogens (primary N) is 1. The molecule has 2 N–H and O–H groups in total. The van der Waals surface area contributed by atoms with Crippen LogP contribution in [0.25, 0.3) is 0 Å². The smallest absolute Gasteiger partial charge is 0.0949 e. The summed E-state index contributed by atoms with van der Waals surface area (Å²) in [7, 11) is 0. The van der Waals surface area contributed by atoms with E-state index in [1.54, 1.807) is 0 Å². The molecule has 1 aromatic rings. The molecule has 0 spiro atoms. The molecular formula is C15H23NO. The van der Waals surface area contributed by atoms with E-state index in [1.165, 1.54) is 36.8 Å². The van der Waals surface area contributed by atoms with Gasteiger partial charge in [-0.1, -0.05) is 37.1 Å². The van der Waals surface area contributed by atoms with Crippen LogP contribution in [0.1, 0.15) is 42.9 Å². The third-order valence-corrected chi connectivity index (χ3v) is 3.76. The van der Waals surface area contributed by atoms with Gasteiger partial charge in [0.2, 0.25) is 0 Å². The normalized spacial score (nSPS) is 18.5. The van der Waals surface area contributed by atoms with Crippen molar-refractivity contribution in [1.82, 2.24) is 0 Å². The van der Waals surface area contributed by atoms with Crippen molar-refractivity contribution in [2.24, 2.45) is 11.7 Å². The first-order valence-electron chi connectivity index (χ1n) is 6.68. The minimum Gasteiger partial charge on any atom is -0.372 e.